The Labute approximate surface area is 199 Å². The highest BCUT2D eigenvalue weighted by atomic mass is 16.5. The minimum Gasteiger partial charge on any atom is -0.481 e. The zero-order valence-corrected chi connectivity index (χ0v) is 19.2. The number of aliphatic carboxylic acids is 1. The summed E-state index contributed by atoms with van der Waals surface area (Å²) in [4.78, 5) is 38.3. The summed E-state index contributed by atoms with van der Waals surface area (Å²) in [7, 11) is 0. The number of benzene rings is 2. The van der Waals surface area contributed by atoms with Crippen molar-refractivity contribution in [2.75, 3.05) is 26.2 Å². The third kappa shape index (κ3) is 4.39. The van der Waals surface area contributed by atoms with E-state index in [4.69, 9.17) is 9.84 Å². The summed E-state index contributed by atoms with van der Waals surface area (Å²) >= 11 is 0. The molecule has 1 aliphatic heterocycles. The van der Waals surface area contributed by atoms with E-state index in [-0.39, 0.29) is 37.3 Å². The van der Waals surface area contributed by atoms with E-state index >= 15 is 0 Å². The number of carboxylic acids is 1. The number of amides is 2. The van der Waals surface area contributed by atoms with Crippen LogP contribution in [0.25, 0.3) is 11.1 Å². The second-order valence-corrected chi connectivity index (χ2v) is 9.80. The van der Waals surface area contributed by atoms with E-state index in [1.807, 2.05) is 29.2 Å². The van der Waals surface area contributed by atoms with Gasteiger partial charge in [-0.15, -0.1) is 0 Å². The van der Waals surface area contributed by atoms with Crippen LogP contribution in [0, 0.1) is 11.3 Å². The molecule has 1 saturated heterocycles. The van der Waals surface area contributed by atoms with Crippen LogP contribution in [0.2, 0.25) is 0 Å². The van der Waals surface area contributed by atoms with Gasteiger partial charge in [0.05, 0.1) is 5.41 Å². The molecule has 3 aliphatic rings. The summed E-state index contributed by atoms with van der Waals surface area (Å²) in [5.74, 6) is -0.479. The highest BCUT2D eigenvalue weighted by Gasteiger charge is 2.52. The van der Waals surface area contributed by atoms with Crippen molar-refractivity contribution in [2.24, 2.45) is 11.3 Å². The van der Waals surface area contributed by atoms with Gasteiger partial charge in [-0.2, -0.15) is 0 Å². The van der Waals surface area contributed by atoms with E-state index in [0.29, 0.717) is 19.5 Å². The summed E-state index contributed by atoms with van der Waals surface area (Å²) in [5, 5.41) is 11.7. The minimum absolute atomic E-state index is 0.00185. The van der Waals surface area contributed by atoms with Crippen LogP contribution in [0.3, 0.4) is 0 Å². The first-order valence-electron chi connectivity index (χ1n) is 12.1. The molecule has 0 radical (unpaired) electrons. The van der Waals surface area contributed by atoms with Crippen LogP contribution in [0.15, 0.2) is 48.5 Å². The molecule has 5 rings (SSSR count). The average Bonchev–Trinajstić information content (AvgIpc) is 3.37. The van der Waals surface area contributed by atoms with E-state index in [0.717, 1.165) is 30.4 Å². The maximum atomic E-state index is 13.1. The molecular formula is C27H30N2O5. The topological polar surface area (TPSA) is 95.9 Å². The Balaban J connectivity index is 1.13. The van der Waals surface area contributed by atoms with Crippen molar-refractivity contribution in [3.8, 4) is 11.1 Å². The molecule has 1 unspecified atom stereocenters. The molecule has 7 heteroatoms. The normalized spacial score (nSPS) is 19.9. The number of nitrogens with zero attached hydrogens (tertiary/aromatic N) is 1. The van der Waals surface area contributed by atoms with Gasteiger partial charge in [-0.3, -0.25) is 9.59 Å². The number of carbonyl (C=O) groups is 3. The van der Waals surface area contributed by atoms with Crippen molar-refractivity contribution < 1.29 is 24.2 Å². The Hall–Kier alpha value is -3.35. The highest BCUT2D eigenvalue weighted by Crippen LogP contribution is 2.48. The molecule has 2 aliphatic carbocycles. The summed E-state index contributed by atoms with van der Waals surface area (Å²) in [6.45, 7) is 1.80. The number of ether oxygens (including phenoxy) is 1. The molecule has 2 amide bonds. The van der Waals surface area contributed by atoms with Gasteiger partial charge < -0.3 is 20.1 Å². The zero-order valence-electron chi connectivity index (χ0n) is 19.2. The lowest BCUT2D eigenvalue weighted by Gasteiger charge is -2.23. The first kappa shape index (κ1) is 22.4. The zero-order chi connectivity index (χ0) is 23.7. The third-order valence-corrected chi connectivity index (χ3v) is 7.56. The van der Waals surface area contributed by atoms with E-state index in [1.54, 1.807) is 0 Å². The molecule has 0 aromatic heterocycles. The summed E-state index contributed by atoms with van der Waals surface area (Å²) < 4.78 is 5.61. The lowest BCUT2D eigenvalue weighted by Crippen LogP contribution is -2.42. The number of rotatable bonds is 8. The van der Waals surface area contributed by atoms with Gasteiger partial charge in [0.2, 0.25) is 5.91 Å². The minimum atomic E-state index is -0.796. The monoisotopic (exact) mass is 462 g/mol. The molecule has 2 N–H and O–H groups in total. The number of likely N-dealkylation sites (tertiary alicyclic amines) is 1. The molecule has 1 saturated carbocycles. The van der Waals surface area contributed by atoms with Gasteiger partial charge in [0.1, 0.15) is 6.61 Å². The molecule has 1 heterocycles. The van der Waals surface area contributed by atoms with Crippen molar-refractivity contribution in [2.45, 2.75) is 38.0 Å². The molecule has 2 fully saturated rings. The second-order valence-electron chi connectivity index (χ2n) is 9.80. The molecule has 7 nitrogen and oxygen atoms in total. The van der Waals surface area contributed by atoms with Crippen LogP contribution in [-0.4, -0.2) is 54.2 Å². The van der Waals surface area contributed by atoms with Gasteiger partial charge >= 0.3 is 12.1 Å². The Morgan fingerprint density at radius 1 is 1.03 bits per heavy atom. The van der Waals surface area contributed by atoms with Crippen LogP contribution >= 0.6 is 0 Å². The van der Waals surface area contributed by atoms with E-state index < -0.39 is 17.5 Å². The van der Waals surface area contributed by atoms with Gasteiger partial charge in [0.15, 0.2) is 0 Å². The highest BCUT2D eigenvalue weighted by molar-refractivity contribution is 5.86. The lowest BCUT2D eigenvalue weighted by molar-refractivity contribution is -0.137. The number of nitrogens with one attached hydrogen (secondary N) is 1. The number of fused-ring (bicyclic) bond motifs is 3. The molecule has 2 aromatic rings. The molecule has 2 aromatic carbocycles. The van der Waals surface area contributed by atoms with Crippen LogP contribution in [-0.2, 0) is 14.3 Å². The fourth-order valence-electron chi connectivity index (χ4n) is 5.42. The van der Waals surface area contributed by atoms with Crippen molar-refractivity contribution >= 4 is 18.0 Å². The molecular weight excluding hydrogens is 432 g/mol. The van der Waals surface area contributed by atoms with Gasteiger partial charge in [0.25, 0.3) is 0 Å². The fourth-order valence-corrected chi connectivity index (χ4v) is 5.42. The Kier molecular flexibility index (Phi) is 6.02. The number of carboxylic acid groups (broad SMARTS) is 1. The van der Waals surface area contributed by atoms with Gasteiger partial charge in [0, 0.05) is 32.0 Å². The Bertz CT molecular complexity index is 1060. The Morgan fingerprint density at radius 2 is 1.68 bits per heavy atom. The van der Waals surface area contributed by atoms with Crippen LogP contribution in [0.4, 0.5) is 4.79 Å². The number of carbonyl (C=O) groups excluding carboxylic acids is 2. The third-order valence-electron chi connectivity index (χ3n) is 7.56. The summed E-state index contributed by atoms with van der Waals surface area (Å²) in [6, 6.07) is 16.4. The fraction of sp³-hybridized carbons (Fsp3) is 0.444. The van der Waals surface area contributed by atoms with Gasteiger partial charge in [-0.05, 0) is 53.9 Å². The van der Waals surface area contributed by atoms with Gasteiger partial charge in [-0.1, -0.05) is 48.5 Å². The standard InChI is InChI=1S/C27H30N2O5/c30-24(31)10-9-18-11-14-29(15-18)25(32)27(12-13-27)17-28-26(33)34-16-23-21-7-3-1-5-19(21)20-6-2-4-8-22(20)23/h1-8,18,23H,9-17H2,(H,28,33)(H,30,31). The first-order chi connectivity index (χ1) is 16.5. The number of alkyl carbamates (subject to hydrolysis) is 1. The second kappa shape index (κ2) is 9.12. The predicted octanol–water partition coefficient (Wildman–Crippen LogP) is 4.02. The number of hydrogen-bond donors (Lipinski definition) is 2. The summed E-state index contributed by atoms with van der Waals surface area (Å²) in [6.07, 6.45) is 2.60. The van der Waals surface area contributed by atoms with Gasteiger partial charge in [-0.25, -0.2) is 4.79 Å². The smallest absolute Gasteiger partial charge is 0.407 e. The average molecular weight is 463 g/mol. The quantitative estimate of drug-likeness (QED) is 0.618. The molecule has 178 valence electrons. The maximum absolute atomic E-state index is 13.1. The number of hydrogen-bond acceptors (Lipinski definition) is 4. The SMILES string of the molecule is O=C(O)CCC1CCN(C(=O)C2(CNC(=O)OCC3c4ccccc4-c4ccccc43)CC2)C1. The predicted molar refractivity (Wildman–Crippen MR) is 126 cm³/mol. The molecule has 0 bridgehead atoms. The van der Waals surface area contributed by atoms with E-state index in [9.17, 15) is 14.4 Å². The summed E-state index contributed by atoms with van der Waals surface area (Å²) in [5.41, 5.74) is 4.16. The van der Waals surface area contributed by atoms with Crippen molar-refractivity contribution in [3.63, 3.8) is 0 Å². The van der Waals surface area contributed by atoms with Crippen LogP contribution in [0.1, 0.15) is 49.1 Å². The van der Waals surface area contributed by atoms with Crippen LogP contribution in [0.5, 0.6) is 0 Å². The van der Waals surface area contributed by atoms with Crippen molar-refractivity contribution in [1.82, 2.24) is 10.2 Å². The Morgan fingerprint density at radius 3 is 2.29 bits per heavy atom. The van der Waals surface area contributed by atoms with Crippen molar-refractivity contribution in [1.29, 1.82) is 0 Å². The molecule has 1 atom stereocenters. The van der Waals surface area contributed by atoms with Crippen molar-refractivity contribution in [3.05, 3.63) is 59.7 Å². The van der Waals surface area contributed by atoms with E-state index in [1.165, 1.54) is 11.1 Å². The molecule has 0 spiro atoms. The lowest BCUT2D eigenvalue weighted by atomic mass is 9.98. The largest absolute Gasteiger partial charge is 0.481 e. The van der Waals surface area contributed by atoms with E-state index in [2.05, 4.69) is 29.6 Å². The molecule has 34 heavy (non-hydrogen) atoms. The first-order valence-corrected chi connectivity index (χ1v) is 12.1. The van der Waals surface area contributed by atoms with Crippen LogP contribution < -0.4 is 5.32 Å². The maximum Gasteiger partial charge on any atom is 0.407 e.